The van der Waals surface area contributed by atoms with Gasteiger partial charge in [-0.25, -0.2) is 0 Å². The van der Waals surface area contributed by atoms with Crippen molar-refractivity contribution >= 4 is 28.9 Å². The zero-order chi connectivity index (χ0) is 17.6. The molecule has 0 aliphatic heterocycles. The van der Waals surface area contributed by atoms with Gasteiger partial charge in [0, 0.05) is 11.1 Å². The number of carbonyl (C=O) groups excluding carboxylic acids is 2. The minimum atomic E-state index is -0.319. The summed E-state index contributed by atoms with van der Waals surface area (Å²) in [4.78, 5) is 24.0. The summed E-state index contributed by atoms with van der Waals surface area (Å²) < 4.78 is 5.34. The third-order valence-corrected chi connectivity index (χ3v) is 4.24. The SMILES string of the molecule is Cc1cccc(CC(=O)Oc2ccc(NC(=O)c3ccsc3)cc2)c1. The van der Waals surface area contributed by atoms with Gasteiger partial charge >= 0.3 is 5.97 Å². The van der Waals surface area contributed by atoms with Crippen LogP contribution in [0.5, 0.6) is 5.75 Å². The van der Waals surface area contributed by atoms with E-state index in [1.165, 1.54) is 11.3 Å². The summed E-state index contributed by atoms with van der Waals surface area (Å²) in [5.41, 5.74) is 3.30. The highest BCUT2D eigenvalue weighted by Gasteiger charge is 2.09. The van der Waals surface area contributed by atoms with E-state index in [1.54, 1.807) is 35.7 Å². The van der Waals surface area contributed by atoms with Gasteiger partial charge in [0.05, 0.1) is 12.0 Å². The van der Waals surface area contributed by atoms with E-state index in [9.17, 15) is 9.59 Å². The largest absolute Gasteiger partial charge is 0.426 e. The number of anilines is 1. The van der Waals surface area contributed by atoms with Gasteiger partial charge in [-0.1, -0.05) is 29.8 Å². The average Bonchev–Trinajstić information content (AvgIpc) is 3.11. The summed E-state index contributed by atoms with van der Waals surface area (Å²) in [5, 5.41) is 6.44. The summed E-state index contributed by atoms with van der Waals surface area (Å²) in [6, 6.07) is 16.3. The van der Waals surface area contributed by atoms with Gasteiger partial charge in [-0.2, -0.15) is 11.3 Å². The normalized spacial score (nSPS) is 10.3. The number of rotatable bonds is 5. The number of hydrogen-bond donors (Lipinski definition) is 1. The Morgan fingerprint density at radius 3 is 2.56 bits per heavy atom. The highest BCUT2D eigenvalue weighted by molar-refractivity contribution is 7.08. The molecular formula is C20H17NO3S. The summed E-state index contributed by atoms with van der Waals surface area (Å²) >= 11 is 1.47. The Hall–Kier alpha value is -2.92. The summed E-state index contributed by atoms with van der Waals surface area (Å²) in [5.74, 6) is -0.0303. The zero-order valence-electron chi connectivity index (χ0n) is 13.7. The second-order valence-electron chi connectivity index (χ2n) is 5.63. The molecule has 0 saturated heterocycles. The quantitative estimate of drug-likeness (QED) is 0.545. The van der Waals surface area contributed by atoms with Crippen molar-refractivity contribution in [1.82, 2.24) is 0 Å². The van der Waals surface area contributed by atoms with Crippen LogP contribution >= 0.6 is 11.3 Å². The highest BCUT2D eigenvalue weighted by atomic mass is 32.1. The number of thiophene rings is 1. The first-order chi connectivity index (χ1) is 12.1. The van der Waals surface area contributed by atoms with Crippen LogP contribution in [-0.4, -0.2) is 11.9 Å². The number of ether oxygens (including phenoxy) is 1. The first-order valence-corrected chi connectivity index (χ1v) is 8.74. The minimum Gasteiger partial charge on any atom is -0.426 e. The molecule has 1 aromatic heterocycles. The molecule has 0 fully saturated rings. The van der Waals surface area contributed by atoms with E-state index in [0.29, 0.717) is 17.0 Å². The van der Waals surface area contributed by atoms with Crippen LogP contribution in [0.15, 0.2) is 65.4 Å². The lowest BCUT2D eigenvalue weighted by Crippen LogP contribution is -2.12. The smallest absolute Gasteiger partial charge is 0.315 e. The van der Waals surface area contributed by atoms with Crippen molar-refractivity contribution in [3.63, 3.8) is 0 Å². The summed E-state index contributed by atoms with van der Waals surface area (Å²) in [6.45, 7) is 1.98. The van der Waals surface area contributed by atoms with Crippen molar-refractivity contribution in [3.05, 3.63) is 82.0 Å². The molecule has 0 saturated carbocycles. The Morgan fingerprint density at radius 1 is 1.08 bits per heavy atom. The molecular weight excluding hydrogens is 334 g/mol. The van der Waals surface area contributed by atoms with Crippen molar-refractivity contribution in [3.8, 4) is 5.75 Å². The first-order valence-electron chi connectivity index (χ1n) is 7.80. The number of benzene rings is 2. The molecule has 1 amide bonds. The molecule has 0 spiro atoms. The molecule has 0 aliphatic rings. The second-order valence-corrected chi connectivity index (χ2v) is 6.41. The van der Waals surface area contributed by atoms with E-state index in [-0.39, 0.29) is 18.3 Å². The van der Waals surface area contributed by atoms with Gasteiger partial charge in [0.1, 0.15) is 5.75 Å². The van der Waals surface area contributed by atoms with Gasteiger partial charge in [-0.05, 0) is 48.2 Å². The second kappa shape index (κ2) is 7.77. The third-order valence-electron chi connectivity index (χ3n) is 3.56. The predicted molar refractivity (Wildman–Crippen MR) is 99.2 cm³/mol. The van der Waals surface area contributed by atoms with Gasteiger partial charge in [0.25, 0.3) is 5.91 Å². The average molecular weight is 351 g/mol. The van der Waals surface area contributed by atoms with Crippen molar-refractivity contribution in [2.45, 2.75) is 13.3 Å². The Bertz CT molecular complexity index is 870. The van der Waals surface area contributed by atoms with Crippen LogP contribution in [-0.2, 0) is 11.2 Å². The van der Waals surface area contributed by atoms with E-state index in [2.05, 4.69) is 5.32 Å². The van der Waals surface area contributed by atoms with E-state index >= 15 is 0 Å². The molecule has 1 heterocycles. The van der Waals surface area contributed by atoms with Crippen LogP contribution in [0.2, 0.25) is 0 Å². The summed E-state index contributed by atoms with van der Waals surface area (Å²) in [6.07, 6.45) is 0.221. The molecule has 3 rings (SSSR count). The maximum Gasteiger partial charge on any atom is 0.315 e. The molecule has 3 aromatic rings. The summed E-state index contributed by atoms with van der Waals surface area (Å²) in [7, 11) is 0. The molecule has 0 bridgehead atoms. The van der Waals surface area contributed by atoms with E-state index in [4.69, 9.17) is 4.74 Å². The lowest BCUT2D eigenvalue weighted by molar-refractivity contribution is -0.133. The van der Waals surface area contributed by atoms with Crippen LogP contribution in [0.3, 0.4) is 0 Å². The maximum absolute atomic E-state index is 12.0. The fourth-order valence-electron chi connectivity index (χ4n) is 2.36. The number of nitrogens with one attached hydrogen (secondary N) is 1. The van der Waals surface area contributed by atoms with Gasteiger partial charge in [0.15, 0.2) is 0 Å². The molecule has 126 valence electrons. The Kier molecular flexibility index (Phi) is 5.26. The van der Waals surface area contributed by atoms with Gasteiger partial charge < -0.3 is 10.1 Å². The molecule has 0 unspecified atom stereocenters. The number of carbonyl (C=O) groups is 2. The topological polar surface area (TPSA) is 55.4 Å². The minimum absolute atomic E-state index is 0.162. The molecule has 0 aliphatic carbocycles. The number of esters is 1. The van der Waals surface area contributed by atoms with E-state index in [0.717, 1.165) is 11.1 Å². The highest BCUT2D eigenvalue weighted by Crippen LogP contribution is 2.18. The Balaban J connectivity index is 1.57. The van der Waals surface area contributed by atoms with Gasteiger partial charge in [-0.3, -0.25) is 9.59 Å². The fourth-order valence-corrected chi connectivity index (χ4v) is 3.00. The first kappa shape index (κ1) is 16.9. The molecule has 4 nitrogen and oxygen atoms in total. The van der Waals surface area contributed by atoms with Crippen LogP contribution in [0.4, 0.5) is 5.69 Å². The van der Waals surface area contributed by atoms with Gasteiger partial charge in [-0.15, -0.1) is 0 Å². The fraction of sp³-hybridized carbons (Fsp3) is 0.100. The Labute approximate surface area is 150 Å². The van der Waals surface area contributed by atoms with Crippen LogP contribution in [0.25, 0.3) is 0 Å². The number of hydrogen-bond acceptors (Lipinski definition) is 4. The number of amides is 1. The van der Waals surface area contributed by atoms with E-state index in [1.807, 2.05) is 36.6 Å². The molecule has 1 N–H and O–H groups in total. The molecule has 0 radical (unpaired) electrons. The zero-order valence-corrected chi connectivity index (χ0v) is 14.5. The predicted octanol–water partition coefficient (Wildman–Crippen LogP) is 4.46. The maximum atomic E-state index is 12.0. The molecule has 2 aromatic carbocycles. The lowest BCUT2D eigenvalue weighted by atomic mass is 10.1. The monoisotopic (exact) mass is 351 g/mol. The van der Waals surface area contributed by atoms with Gasteiger partial charge in [0.2, 0.25) is 0 Å². The lowest BCUT2D eigenvalue weighted by Gasteiger charge is -2.07. The van der Waals surface area contributed by atoms with Crippen LogP contribution in [0.1, 0.15) is 21.5 Å². The molecule has 0 atom stereocenters. The van der Waals surface area contributed by atoms with Crippen LogP contribution in [0, 0.1) is 6.92 Å². The Morgan fingerprint density at radius 2 is 1.88 bits per heavy atom. The molecule has 25 heavy (non-hydrogen) atoms. The molecule has 5 heteroatoms. The third kappa shape index (κ3) is 4.78. The van der Waals surface area contributed by atoms with Crippen molar-refractivity contribution in [2.24, 2.45) is 0 Å². The van der Waals surface area contributed by atoms with Crippen molar-refractivity contribution in [2.75, 3.05) is 5.32 Å². The van der Waals surface area contributed by atoms with Crippen molar-refractivity contribution in [1.29, 1.82) is 0 Å². The van der Waals surface area contributed by atoms with E-state index < -0.39 is 0 Å². The van der Waals surface area contributed by atoms with Crippen LogP contribution < -0.4 is 10.1 Å². The van der Waals surface area contributed by atoms with Crippen molar-refractivity contribution < 1.29 is 14.3 Å². The number of aryl methyl sites for hydroxylation is 1. The standard InChI is InChI=1S/C20H17NO3S/c1-14-3-2-4-15(11-14)12-19(22)24-18-7-5-17(6-8-18)21-20(23)16-9-10-25-13-16/h2-11,13H,12H2,1H3,(H,21,23).